The smallest absolute Gasteiger partial charge is 0.162 e. The van der Waals surface area contributed by atoms with E-state index in [0.29, 0.717) is 22.8 Å². The number of allylic oxidation sites excluding steroid dienone is 3. The summed E-state index contributed by atoms with van der Waals surface area (Å²) in [5, 5.41) is 0.779. The molecule has 0 saturated carbocycles. The van der Waals surface area contributed by atoms with E-state index in [1.165, 1.54) is 11.9 Å². The molecule has 34 heavy (non-hydrogen) atoms. The number of nitrogens with two attached hydrogens (primary N) is 1. The van der Waals surface area contributed by atoms with E-state index in [4.69, 9.17) is 10.5 Å². The molecule has 4 heterocycles. The third-order valence-corrected chi connectivity index (χ3v) is 7.33. The zero-order chi connectivity index (χ0) is 23.7. The van der Waals surface area contributed by atoms with E-state index in [0.717, 1.165) is 73.8 Å². The first-order chi connectivity index (χ1) is 16.5. The van der Waals surface area contributed by atoms with E-state index in [2.05, 4.69) is 35.5 Å². The molecule has 176 valence electrons. The number of methoxy groups -OCH3 is 1. The van der Waals surface area contributed by atoms with Gasteiger partial charge in [-0.3, -0.25) is 4.79 Å². The lowest BCUT2D eigenvalue weighted by molar-refractivity contribution is -0.104. The number of anilines is 1. The maximum atomic E-state index is 10.6. The lowest BCUT2D eigenvalue weighted by Crippen LogP contribution is -2.38. The molecule has 3 aromatic rings. The summed E-state index contributed by atoms with van der Waals surface area (Å²) in [7, 11) is 3.61. The lowest BCUT2D eigenvalue weighted by Gasteiger charge is -2.43. The number of rotatable bonds is 5. The molecule has 0 unspecified atom stereocenters. The molecule has 0 radical (unpaired) electrons. The van der Waals surface area contributed by atoms with Crippen molar-refractivity contribution in [1.29, 1.82) is 0 Å². The fourth-order valence-corrected chi connectivity index (χ4v) is 5.34. The summed E-state index contributed by atoms with van der Waals surface area (Å²) >= 11 is 0. The van der Waals surface area contributed by atoms with Crippen molar-refractivity contribution >= 4 is 28.7 Å². The Morgan fingerprint density at radius 1 is 1.12 bits per heavy atom. The number of nitrogens with zero attached hydrogens (tertiary/aromatic N) is 6. The second-order valence-electron chi connectivity index (χ2n) is 9.13. The van der Waals surface area contributed by atoms with Gasteiger partial charge < -0.3 is 19.9 Å². The van der Waals surface area contributed by atoms with Crippen LogP contribution in [-0.2, 0) is 11.8 Å². The SMILES string of the molecule is COc1cnc(-c2c(C3=CCC4(CC3)CCN(C=CC=O)CC4)n(C)c3ncnc(N)c23)nc1. The highest BCUT2D eigenvalue weighted by Crippen LogP contribution is 2.48. The average Bonchev–Trinajstić information content (AvgIpc) is 3.18. The first-order valence-corrected chi connectivity index (χ1v) is 11.6. The molecule has 2 aliphatic rings. The molecule has 0 bridgehead atoms. The Morgan fingerprint density at radius 3 is 2.53 bits per heavy atom. The Hall–Kier alpha value is -3.75. The van der Waals surface area contributed by atoms with Gasteiger partial charge in [-0.05, 0) is 49.2 Å². The zero-order valence-electron chi connectivity index (χ0n) is 19.6. The number of hydrogen-bond donors (Lipinski definition) is 1. The fourth-order valence-electron chi connectivity index (χ4n) is 5.34. The van der Waals surface area contributed by atoms with E-state index in [1.807, 2.05) is 13.2 Å². The molecule has 1 spiro atoms. The van der Waals surface area contributed by atoms with Gasteiger partial charge in [0.25, 0.3) is 0 Å². The van der Waals surface area contributed by atoms with Crippen molar-refractivity contribution in [3.05, 3.63) is 42.8 Å². The van der Waals surface area contributed by atoms with Crippen molar-refractivity contribution in [2.75, 3.05) is 25.9 Å². The van der Waals surface area contributed by atoms with Gasteiger partial charge in [-0.1, -0.05) is 6.08 Å². The number of fused-ring (bicyclic) bond motifs is 1. The summed E-state index contributed by atoms with van der Waals surface area (Å²) in [4.78, 5) is 30.8. The normalized spacial score (nSPS) is 17.9. The summed E-state index contributed by atoms with van der Waals surface area (Å²) in [6.45, 7) is 1.97. The standard InChI is InChI=1S/C25H29N7O2/c1-31-21(17-4-6-25(7-5-17)8-11-32(12-9-25)10-3-13-33)19(20-22(26)29-16-30-24(20)31)23-27-14-18(34-2)15-28-23/h3-4,10,13-16H,5-9,11-12H2,1-2H3,(H2,26,29,30). The van der Waals surface area contributed by atoms with Crippen molar-refractivity contribution in [2.24, 2.45) is 12.5 Å². The molecule has 5 rings (SSSR count). The Balaban J connectivity index is 1.52. The van der Waals surface area contributed by atoms with Crippen LogP contribution in [0.5, 0.6) is 5.75 Å². The minimum absolute atomic E-state index is 0.315. The largest absolute Gasteiger partial charge is 0.494 e. The predicted octanol–water partition coefficient (Wildman–Crippen LogP) is 3.38. The number of nitrogen functional groups attached to an aromatic ring is 1. The van der Waals surface area contributed by atoms with Crippen LogP contribution in [0.3, 0.4) is 0 Å². The van der Waals surface area contributed by atoms with Crippen LogP contribution in [0.15, 0.2) is 37.1 Å². The van der Waals surface area contributed by atoms with Crippen LogP contribution in [0.2, 0.25) is 0 Å². The van der Waals surface area contributed by atoms with Crippen LogP contribution in [0.1, 0.15) is 37.8 Å². The number of hydrogen-bond acceptors (Lipinski definition) is 8. The number of aromatic nitrogens is 5. The van der Waals surface area contributed by atoms with Crippen molar-refractivity contribution < 1.29 is 9.53 Å². The zero-order valence-corrected chi connectivity index (χ0v) is 19.6. The number of carbonyl (C=O) groups excluding carboxylic acids is 1. The van der Waals surface area contributed by atoms with Gasteiger partial charge in [0.1, 0.15) is 24.1 Å². The maximum absolute atomic E-state index is 10.6. The molecular weight excluding hydrogens is 430 g/mol. The second kappa shape index (κ2) is 8.89. The Kier molecular flexibility index (Phi) is 5.77. The Labute approximate surface area is 198 Å². The topological polar surface area (TPSA) is 112 Å². The molecule has 0 atom stereocenters. The van der Waals surface area contributed by atoms with Gasteiger partial charge in [0.05, 0.1) is 36.1 Å². The van der Waals surface area contributed by atoms with Gasteiger partial charge in [-0.15, -0.1) is 0 Å². The van der Waals surface area contributed by atoms with Crippen LogP contribution in [0, 0.1) is 5.41 Å². The number of carbonyl (C=O) groups is 1. The monoisotopic (exact) mass is 459 g/mol. The van der Waals surface area contributed by atoms with Crippen LogP contribution in [0.4, 0.5) is 5.82 Å². The highest BCUT2D eigenvalue weighted by molar-refractivity contribution is 6.04. The van der Waals surface area contributed by atoms with E-state index < -0.39 is 0 Å². The molecule has 1 aliphatic heterocycles. The van der Waals surface area contributed by atoms with Gasteiger partial charge >= 0.3 is 0 Å². The van der Waals surface area contributed by atoms with Crippen LogP contribution in [-0.4, -0.2) is 55.9 Å². The summed E-state index contributed by atoms with van der Waals surface area (Å²) in [5.74, 6) is 1.60. The molecule has 0 aromatic carbocycles. The molecule has 1 fully saturated rings. The van der Waals surface area contributed by atoms with Crippen molar-refractivity contribution in [3.63, 3.8) is 0 Å². The number of likely N-dealkylation sites (tertiary alicyclic amines) is 1. The molecule has 1 aliphatic carbocycles. The highest BCUT2D eigenvalue weighted by atomic mass is 16.5. The summed E-state index contributed by atoms with van der Waals surface area (Å²) < 4.78 is 7.34. The van der Waals surface area contributed by atoms with Gasteiger partial charge in [0, 0.05) is 26.3 Å². The minimum Gasteiger partial charge on any atom is -0.494 e. The van der Waals surface area contributed by atoms with Crippen LogP contribution >= 0.6 is 0 Å². The van der Waals surface area contributed by atoms with E-state index in [1.54, 1.807) is 25.6 Å². The maximum Gasteiger partial charge on any atom is 0.162 e. The first kappa shape index (κ1) is 22.1. The van der Waals surface area contributed by atoms with Gasteiger partial charge in [-0.25, -0.2) is 19.9 Å². The number of piperidine rings is 1. The molecule has 9 heteroatoms. The number of aldehydes is 1. The summed E-state index contributed by atoms with van der Waals surface area (Å²) in [5.41, 5.74) is 10.6. The average molecular weight is 460 g/mol. The second-order valence-corrected chi connectivity index (χ2v) is 9.13. The van der Waals surface area contributed by atoms with Gasteiger partial charge in [-0.2, -0.15) is 0 Å². The summed E-state index contributed by atoms with van der Waals surface area (Å²) in [6.07, 6.45) is 16.9. The lowest BCUT2D eigenvalue weighted by atomic mass is 9.68. The van der Waals surface area contributed by atoms with Crippen LogP contribution < -0.4 is 10.5 Å². The van der Waals surface area contributed by atoms with E-state index in [9.17, 15) is 4.79 Å². The van der Waals surface area contributed by atoms with Crippen LogP contribution in [0.25, 0.3) is 28.0 Å². The highest BCUT2D eigenvalue weighted by Gasteiger charge is 2.36. The molecule has 1 saturated heterocycles. The van der Waals surface area contributed by atoms with Crippen molar-refractivity contribution in [3.8, 4) is 17.1 Å². The Morgan fingerprint density at radius 2 is 1.88 bits per heavy atom. The van der Waals surface area contributed by atoms with Gasteiger partial charge in [0.15, 0.2) is 11.6 Å². The fraction of sp³-hybridized carbons (Fsp3) is 0.400. The number of aryl methyl sites for hydroxylation is 1. The quantitative estimate of drug-likeness (QED) is 0.456. The molecule has 9 nitrogen and oxygen atoms in total. The molecule has 2 N–H and O–H groups in total. The van der Waals surface area contributed by atoms with Gasteiger partial charge in [0.2, 0.25) is 0 Å². The predicted molar refractivity (Wildman–Crippen MR) is 131 cm³/mol. The third kappa shape index (κ3) is 3.81. The van der Waals surface area contributed by atoms with E-state index in [-0.39, 0.29) is 0 Å². The molecule has 0 amide bonds. The van der Waals surface area contributed by atoms with Crippen molar-refractivity contribution in [1.82, 2.24) is 29.4 Å². The summed E-state index contributed by atoms with van der Waals surface area (Å²) in [6, 6.07) is 0. The minimum atomic E-state index is 0.315. The first-order valence-electron chi connectivity index (χ1n) is 11.6. The molecule has 3 aromatic heterocycles. The third-order valence-electron chi connectivity index (χ3n) is 7.33. The van der Waals surface area contributed by atoms with E-state index >= 15 is 0 Å². The molecular formula is C25H29N7O2. The Bertz CT molecular complexity index is 1270. The number of ether oxygens (including phenoxy) is 1. The van der Waals surface area contributed by atoms with Crippen molar-refractivity contribution in [2.45, 2.75) is 32.1 Å².